The number of nitrogens with zero attached hydrogens (tertiary/aromatic N) is 4. The zero-order valence-electron chi connectivity index (χ0n) is 16.2. The average Bonchev–Trinajstić information content (AvgIpc) is 2.69. The van der Waals surface area contributed by atoms with E-state index < -0.39 is 11.8 Å². The Hall–Kier alpha value is -2.35. The second kappa shape index (κ2) is 8.77. The van der Waals surface area contributed by atoms with Crippen molar-refractivity contribution in [1.82, 2.24) is 9.88 Å². The number of aliphatic imine (C=N–C) groups is 1. The summed E-state index contributed by atoms with van der Waals surface area (Å²) in [5.74, 6) is -2.91. The van der Waals surface area contributed by atoms with Crippen LogP contribution in [0.4, 0.5) is 14.5 Å². The maximum Gasteiger partial charge on any atom is 0.250 e. The van der Waals surface area contributed by atoms with E-state index in [2.05, 4.69) is 19.8 Å². The molecular weight excluding hydrogens is 364 g/mol. The summed E-state index contributed by atoms with van der Waals surface area (Å²) in [6, 6.07) is 3.72. The Kier molecular flexibility index (Phi) is 6.39. The molecule has 1 aromatic heterocycles. The van der Waals surface area contributed by atoms with Gasteiger partial charge in [0.1, 0.15) is 0 Å². The lowest BCUT2D eigenvalue weighted by molar-refractivity contribution is -0.114. The molecule has 1 aromatic rings. The van der Waals surface area contributed by atoms with E-state index in [1.54, 1.807) is 18.5 Å². The van der Waals surface area contributed by atoms with Gasteiger partial charge in [-0.05, 0) is 31.2 Å². The number of anilines is 1. The molecule has 1 amide bonds. The molecule has 1 atom stereocenters. The zero-order valence-corrected chi connectivity index (χ0v) is 16.2. The quantitative estimate of drug-likeness (QED) is 0.775. The Morgan fingerprint density at radius 2 is 2.11 bits per heavy atom. The molecule has 8 heteroatoms. The summed E-state index contributed by atoms with van der Waals surface area (Å²) < 4.78 is 26.4. The zero-order chi connectivity index (χ0) is 20.1. The van der Waals surface area contributed by atoms with Crippen molar-refractivity contribution < 1.29 is 13.6 Å². The van der Waals surface area contributed by atoms with Gasteiger partial charge in [-0.15, -0.1) is 0 Å². The molecule has 6 nitrogen and oxygen atoms in total. The van der Waals surface area contributed by atoms with E-state index in [1.165, 1.54) is 0 Å². The van der Waals surface area contributed by atoms with Crippen LogP contribution in [0.1, 0.15) is 37.4 Å². The van der Waals surface area contributed by atoms with E-state index in [0.29, 0.717) is 25.1 Å². The van der Waals surface area contributed by atoms with Gasteiger partial charge in [-0.3, -0.25) is 14.8 Å². The first-order chi connectivity index (χ1) is 13.3. The number of halogens is 2. The van der Waals surface area contributed by atoms with Crippen molar-refractivity contribution >= 4 is 17.8 Å². The number of hydrogen-bond acceptors (Lipinski definition) is 5. The second-order valence-corrected chi connectivity index (χ2v) is 7.49. The standard InChI is InChI=1S/C20H27F2N5O/c1-26(9-2-10-27-11-6-20(21,22)7-12-27)16-3-4-17(25-14-16)18-13-15(19(23)28)5-8-24-18/h3-5,8,14,18H,2,6-7,9-13H2,1H3,(H2,23,28). The first-order valence-corrected chi connectivity index (χ1v) is 9.63. The van der Waals surface area contributed by atoms with Crippen LogP contribution in [0.3, 0.4) is 0 Å². The minimum Gasteiger partial charge on any atom is -0.373 e. The fourth-order valence-electron chi connectivity index (χ4n) is 3.51. The maximum atomic E-state index is 13.2. The smallest absolute Gasteiger partial charge is 0.250 e. The van der Waals surface area contributed by atoms with E-state index in [4.69, 9.17) is 5.73 Å². The molecule has 0 spiro atoms. The van der Waals surface area contributed by atoms with Crippen LogP contribution in [0.2, 0.25) is 0 Å². The van der Waals surface area contributed by atoms with Gasteiger partial charge in [0.2, 0.25) is 5.91 Å². The molecule has 0 aromatic carbocycles. The number of aromatic nitrogens is 1. The molecule has 2 aliphatic heterocycles. The number of nitrogens with two attached hydrogens (primary N) is 1. The fraction of sp³-hybridized carbons (Fsp3) is 0.550. The molecule has 0 aliphatic carbocycles. The highest BCUT2D eigenvalue weighted by Crippen LogP contribution is 2.28. The topological polar surface area (TPSA) is 74.8 Å². The normalized spacial score (nSPS) is 22.0. The lowest BCUT2D eigenvalue weighted by Gasteiger charge is -2.32. The third-order valence-corrected chi connectivity index (χ3v) is 5.38. The number of primary amides is 1. The van der Waals surface area contributed by atoms with Crippen LogP contribution in [0, 0.1) is 0 Å². The predicted molar refractivity (Wildman–Crippen MR) is 106 cm³/mol. The highest BCUT2D eigenvalue weighted by Gasteiger charge is 2.33. The molecule has 2 N–H and O–H groups in total. The van der Waals surface area contributed by atoms with Gasteiger partial charge in [-0.1, -0.05) is 0 Å². The number of dihydropyridines is 1. The van der Waals surface area contributed by atoms with Crippen LogP contribution in [-0.2, 0) is 4.79 Å². The van der Waals surface area contributed by atoms with Gasteiger partial charge in [-0.2, -0.15) is 0 Å². The molecule has 152 valence electrons. The third-order valence-electron chi connectivity index (χ3n) is 5.38. The van der Waals surface area contributed by atoms with Crippen molar-refractivity contribution in [1.29, 1.82) is 0 Å². The van der Waals surface area contributed by atoms with Crippen molar-refractivity contribution in [2.24, 2.45) is 10.7 Å². The van der Waals surface area contributed by atoms with Crippen molar-refractivity contribution in [2.75, 3.05) is 38.1 Å². The predicted octanol–water partition coefficient (Wildman–Crippen LogP) is 2.57. The SMILES string of the molecule is CN(CCCN1CCC(F)(F)CC1)c1ccc(C2CC(C(N)=O)=CC=N2)nc1. The summed E-state index contributed by atoms with van der Waals surface area (Å²) in [6.07, 6.45) is 6.34. The molecule has 1 fully saturated rings. The van der Waals surface area contributed by atoms with E-state index in [9.17, 15) is 13.6 Å². The minimum atomic E-state index is -2.49. The molecule has 3 heterocycles. The van der Waals surface area contributed by atoms with Gasteiger partial charge >= 0.3 is 0 Å². The highest BCUT2D eigenvalue weighted by atomic mass is 19.3. The second-order valence-electron chi connectivity index (χ2n) is 7.49. The van der Waals surface area contributed by atoms with Crippen molar-refractivity contribution in [3.63, 3.8) is 0 Å². The number of rotatable bonds is 7. The van der Waals surface area contributed by atoms with Crippen LogP contribution in [0.25, 0.3) is 0 Å². The van der Waals surface area contributed by atoms with Gasteiger partial charge in [-0.25, -0.2) is 8.78 Å². The number of piperidine rings is 1. The Morgan fingerprint density at radius 1 is 1.36 bits per heavy atom. The molecular formula is C20H27F2N5O. The van der Waals surface area contributed by atoms with Gasteiger partial charge in [0.25, 0.3) is 5.92 Å². The maximum absolute atomic E-state index is 13.2. The molecule has 0 radical (unpaired) electrons. The summed E-state index contributed by atoms with van der Waals surface area (Å²) in [6.45, 7) is 2.59. The van der Waals surface area contributed by atoms with Crippen LogP contribution in [0.5, 0.6) is 0 Å². The molecule has 0 bridgehead atoms. The van der Waals surface area contributed by atoms with Crippen LogP contribution < -0.4 is 10.6 Å². The van der Waals surface area contributed by atoms with Crippen LogP contribution in [0.15, 0.2) is 35.0 Å². The molecule has 2 aliphatic rings. The number of carbonyl (C=O) groups excluding carboxylic acids is 1. The monoisotopic (exact) mass is 391 g/mol. The first-order valence-electron chi connectivity index (χ1n) is 9.63. The van der Waals surface area contributed by atoms with E-state index in [1.807, 2.05) is 19.2 Å². The highest BCUT2D eigenvalue weighted by molar-refractivity contribution is 5.97. The van der Waals surface area contributed by atoms with E-state index in [0.717, 1.165) is 30.9 Å². The number of hydrogen-bond donors (Lipinski definition) is 1. The summed E-state index contributed by atoms with van der Waals surface area (Å²) in [4.78, 5) is 24.4. The van der Waals surface area contributed by atoms with Crippen LogP contribution in [-0.4, -0.2) is 61.2 Å². The summed E-state index contributed by atoms with van der Waals surface area (Å²) in [5.41, 5.74) is 7.69. The molecule has 1 unspecified atom stereocenters. The molecule has 0 saturated carbocycles. The lowest BCUT2D eigenvalue weighted by atomic mass is 10.0. The van der Waals surface area contributed by atoms with Crippen LogP contribution >= 0.6 is 0 Å². The largest absolute Gasteiger partial charge is 0.373 e. The third kappa shape index (κ3) is 5.34. The van der Waals surface area contributed by atoms with Gasteiger partial charge < -0.3 is 15.5 Å². The number of pyridine rings is 1. The minimum absolute atomic E-state index is 0.0372. The van der Waals surface area contributed by atoms with Crippen molar-refractivity contribution in [2.45, 2.75) is 37.6 Å². The molecule has 1 saturated heterocycles. The summed E-state index contributed by atoms with van der Waals surface area (Å²) in [7, 11) is 1.99. The Morgan fingerprint density at radius 3 is 2.75 bits per heavy atom. The number of amides is 1. The Balaban J connectivity index is 1.46. The fourth-order valence-corrected chi connectivity index (χ4v) is 3.51. The number of alkyl halides is 2. The lowest BCUT2D eigenvalue weighted by Crippen LogP contribution is -2.40. The van der Waals surface area contributed by atoms with E-state index in [-0.39, 0.29) is 18.9 Å². The van der Waals surface area contributed by atoms with Gasteiger partial charge in [0.05, 0.1) is 23.6 Å². The number of likely N-dealkylation sites (tertiary alicyclic amines) is 1. The molecule has 3 rings (SSSR count). The van der Waals surface area contributed by atoms with Crippen molar-refractivity contribution in [3.8, 4) is 0 Å². The van der Waals surface area contributed by atoms with Gasteiger partial charge in [0, 0.05) is 57.7 Å². The van der Waals surface area contributed by atoms with Crippen molar-refractivity contribution in [3.05, 3.63) is 35.7 Å². The number of carbonyl (C=O) groups is 1. The number of allylic oxidation sites excluding steroid dienone is 1. The first kappa shape index (κ1) is 20.4. The van der Waals surface area contributed by atoms with E-state index >= 15 is 0 Å². The molecule has 28 heavy (non-hydrogen) atoms. The Labute approximate surface area is 164 Å². The van der Waals surface area contributed by atoms with Gasteiger partial charge in [0.15, 0.2) is 0 Å². The average molecular weight is 391 g/mol. The summed E-state index contributed by atoms with van der Waals surface area (Å²) in [5, 5.41) is 0. The summed E-state index contributed by atoms with van der Waals surface area (Å²) >= 11 is 0. The Bertz CT molecular complexity index is 737.